The molecule has 0 aromatic heterocycles. The van der Waals surface area contributed by atoms with Crippen molar-refractivity contribution >= 4 is 41.5 Å². The molecule has 0 radical (unpaired) electrons. The van der Waals surface area contributed by atoms with Gasteiger partial charge in [0.25, 0.3) is 0 Å². The second kappa shape index (κ2) is 26.5. The predicted octanol–water partition coefficient (Wildman–Crippen LogP) is 8.36. The molecule has 5 heteroatoms. The van der Waals surface area contributed by atoms with E-state index in [4.69, 9.17) is 0 Å². The SMILES string of the molecule is CCCCCCCCCCC(CCCCC(CCCCCCCCCC)C(=O)O)C(=O)O.[NaH]. The summed E-state index contributed by atoms with van der Waals surface area (Å²) in [4.78, 5) is 23.1. The molecule has 0 spiro atoms. The fourth-order valence-corrected chi connectivity index (χ4v) is 4.61. The molecule has 4 nitrogen and oxygen atoms in total. The number of hydrogen-bond acceptors (Lipinski definition) is 2. The molecular weight excluding hydrogens is 423 g/mol. The van der Waals surface area contributed by atoms with Crippen LogP contribution in [0.2, 0.25) is 0 Å². The van der Waals surface area contributed by atoms with Crippen LogP contribution in [0.4, 0.5) is 0 Å². The van der Waals surface area contributed by atoms with Gasteiger partial charge in [0.15, 0.2) is 0 Å². The Morgan fingerprint density at radius 1 is 0.455 bits per heavy atom. The first kappa shape index (κ1) is 35.1. The van der Waals surface area contributed by atoms with Crippen molar-refractivity contribution in [3.8, 4) is 0 Å². The van der Waals surface area contributed by atoms with Gasteiger partial charge in [-0.2, -0.15) is 0 Å². The number of rotatable bonds is 25. The van der Waals surface area contributed by atoms with Crippen LogP contribution in [0.25, 0.3) is 0 Å². The first-order valence-electron chi connectivity index (χ1n) is 14.0. The van der Waals surface area contributed by atoms with Gasteiger partial charge in [-0.05, 0) is 25.7 Å². The van der Waals surface area contributed by atoms with Crippen molar-refractivity contribution in [3.63, 3.8) is 0 Å². The van der Waals surface area contributed by atoms with Crippen molar-refractivity contribution in [1.82, 2.24) is 0 Å². The Hall–Kier alpha value is -0.0600. The molecule has 0 heterocycles. The quantitative estimate of drug-likeness (QED) is 0.102. The molecule has 0 amide bonds. The van der Waals surface area contributed by atoms with Crippen molar-refractivity contribution in [2.75, 3.05) is 0 Å². The van der Waals surface area contributed by atoms with E-state index in [2.05, 4.69) is 13.8 Å². The Morgan fingerprint density at radius 3 is 0.909 bits per heavy atom. The minimum absolute atomic E-state index is 0. The van der Waals surface area contributed by atoms with Gasteiger partial charge in [0, 0.05) is 0 Å². The van der Waals surface area contributed by atoms with E-state index in [0.29, 0.717) is 12.8 Å². The van der Waals surface area contributed by atoms with Crippen LogP contribution in [0.5, 0.6) is 0 Å². The summed E-state index contributed by atoms with van der Waals surface area (Å²) in [5, 5.41) is 19.0. The molecule has 0 aliphatic carbocycles. The molecule has 0 aromatic rings. The minimum atomic E-state index is -0.679. The van der Waals surface area contributed by atoms with Crippen molar-refractivity contribution in [1.29, 1.82) is 0 Å². The number of carbonyl (C=O) groups is 2. The van der Waals surface area contributed by atoms with Gasteiger partial charge in [0.05, 0.1) is 11.8 Å². The summed E-state index contributed by atoms with van der Waals surface area (Å²) in [7, 11) is 0. The topological polar surface area (TPSA) is 74.6 Å². The molecule has 0 saturated heterocycles. The van der Waals surface area contributed by atoms with Gasteiger partial charge in [-0.3, -0.25) is 9.59 Å². The molecule has 33 heavy (non-hydrogen) atoms. The summed E-state index contributed by atoms with van der Waals surface area (Å²) in [5.74, 6) is -1.87. The zero-order valence-electron chi connectivity index (χ0n) is 21.4. The second-order valence-electron chi connectivity index (χ2n) is 9.88. The number of unbranched alkanes of at least 4 members (excludes halogenated alkanes) is 15. The summed E-state index contributed by atoms with van der Waals surface area (Å²) in [6.45, 7) is 4.45. The van der Waals surface area contributed by atoms with E-state index >= 15 is 0 Å². The maximum atomic E-state index is 11.6. The molecule has 0 aromatic carbocycles. The Balaban J connectivity index is 0. The third-order valence-corrected chi connectivity index (χ3v) is 6.87. The zero-order valence-corrected chi connectivity index (χ0v) is 21.4. The van der Waals surface area contributed by atoms with Crippen molar-refractivity contribution in [3.05, 3.63) is 0 Å². The van der Waals surface area contributed by atoms with E-state index in [1.807, 2.05) is 0 Å². The van der Waals surface area contributed by atoms with Crippen LogP contribution >= 0.6 is 0 Å². The first-order chi connectivity index (χ1) is 15.5. The van der Waals surface area contributed by atoms with Crippen molar-refractivity contribution < 1.29 is 19.8 Å². The number of aliphatic carboxylic acids is 2. The molecule has 2 unspecified atom stereocenters. The van der Waals surface area contributed by atoms with E-state index in [1.165, 1.54) is 77.0 Å². The average molecular weight is 479 g/mol. The molecule has 0 fully saturated rings. The molecule has 2 N–H and O–H groups in total. The van der Waals surface area contributed by atoms with Crippen LogP contribution in [0, 0.1) is 11.8 Å². The fraction of sp³-hybridized carbons (Fsp3) is 0.929. The fourth-order valence-electron chi connectivity index (χ4n) is 4.61. The van der Waals surface area contributed by atoms with Crippen LogP contribution in [0.15, 0.2) is 0 Å². The van der Waals surface area contributed by atoms with Crippen LogP contribution < -0.4 is 0 Å². The Morgan fingerprint density at radius 2 is 0.667 bits per heavy atom. The molecule has 2 atom stereocenters. The average Bonchev–Trinajstić information content (AvgIpc) is 2.76. The standard InChI is InChI=1S/C28H54O4.Na.H/c1-3-5-7-9-11-13-15-17-21-25(27(29)30)23-19-20-24-26(28(31)32)22-18-16-14-12-10-8-6-4-2;;/h25-26H,3-24H2,1-2H3,(H,29,30)(H,31,32);;. The van der Waals surface area contributed by atoms with Gasteiger partial charge in [0.2, 0.25) is 0 Å². The van der Waals surface area contributed by atoms with Crippen LogP contribution in [-0.2, 0) is 9.59 Å². The zero-order chi connectivity index (χ0) is 23.9. The molecule has 192 valence electrons. The Bertz CT molecular complexity index is 402. The first-order valence-corrected chi connectivity index (χ1v) is 14.0. The third-order valence-electron chi connectivity index (χ3n) is 6.87. The number of hydrogen-bond donors (Lipinski definition) is 2. The van der Waals surface area contributed by atoms with Gasteiger partial charge >= 0.3 is 41.5 Å². The molecular formula is C28H55NaO4. The van der Waals surface area contributed by atoms with E-state index in [0.717, 1.165) is 51.4 Å². The summed E-state index contributed by atoms with van der Waals surface area (Å²) in [6.07, 6.45) is 24.3. The monoisotopic (exact) mass is 478 g/mol. The van der Waals surface area contributed by atoms with Gasteiger partial charge in [-0.15, -0.1) is 0 Å². The van der Waals surface area contributed by atoms with Gasteiger partial charge < -0.3 is 10.2 Å². The van der Waals surface area contributed by atoms with Crippen molar-refractivity contribution in [2.45, 2.75) is 155 Å². The van der Waals surface area contributed by atoms with Crippen LogP contribution in [-0.4, -0.2) is 51.7 Å². The Kier molecular flexibility index (Phi) is 28.2. The summed E-state index contributed by atoms with van der Waals surface area (Å²) < 4.78 is 0. The summed E-state index contributed by atoms with van der Waals surface area (Å²) in [6, 6.07) is 0. The van der Waals surface area contributed by atoms with E-state index in [1.54, 1.807) is 0 Å². The second-order valence-corrected chi connectivity index (χ2v) is 9.88. The third kappa shape index (κ3) is 23.5. The summed E-state index contributed by atoms with van der Waals surface area (Å²) in [5.41, 5.74) is 0. The molecule has 0 rings (SSSR count). The molecule has 0 aliphatic rings. The van der Waals surface area contributed by atoms with E-state index in [-0.39, 0.29) is 41.4 Å². The van der Waals surface area contributed by atoms with Gasteiger partial charge in [-0.25, -0.2) is 0 Å². The molecule has 0 bridgehead atoms. The van der Waals surface area contributed by atoms with Gasteiger partial charge in [-0.1, -0.05) is 129 Å². The normalized spacial score (nSPS) is 12.8. The molecule has 0 aliphatic heterocycles. The van der Waals surface area contributed by atoms with E-state index in [9.17, 15) is 19.8 Å². The van der Waals surface area contributed by atoms with Gasteiger partial charge in [0.1, 0.15) is 0 Å². The summed E-state index contributed by atoms with van der Waals surface area (Å²) >= 11 is 0. The maximum absolute atomic E-state index is 11.6. The van der Waals surface area contributed by atoms with E-state index < -0.39 is 11.9 Å². The predicted molar refractivity (Wildman–Crippen MR) is 142 cm³/mol. The van der Waals surface area contributed by atoms with Crippen LogP contribution in [0.1, 0.15) is 155 Å². The van der Waals surface area contributed by atoms with Crippen molar-refractivity contribution in [2.24, 2.45) is 11.8 Å². The number of carboxylic acid groups (broad SMARTS) is 2. The number of carboxylic acids is 2. The van der Waals surface area contributed by atoms with Crippen LogP contribution in [0.3, 0.4) is 0 Å². The molecule has 0 saturated carbocycles. The Labute approximate surface area is 227 Å².